The Morgan fingerprint density at radius 2 is 2.11 bits per heavy atom. The van der Waals surface area contributed by atoms with Crippen LogP contribution < -0.4 is 10.5 Å². The molecule has 2 unspecified atom stereocenters. The second-order valence-corrected chi connectivity index (χ2v) is 6.89. The number of aliphatic hydroxyl groups is 2. The zero-order valence-corrected chi connectivity index (χ0v) is 11.9. The third kappa shape index (κ3) is 4.88. The lowest BCUT2D eigenvalue weighted by atomic mass is 10.1. The Kier molecular flexibility index (Phi) is 5.44. The van der Waals surface area contributed by atoms with Crippen LogP contribution in [0.15, 0.2) is 16.3 Å². The van der Waals surface area contributed by atoms with Crippen LogP contribution >= 0.6 is 11.3 Å². The fourth-order valence-corrected chi connectivity index (χ4v) is 3.18. The molecule has 1 aromatic rings. The molecule has 2 atom stereocenters. The number of aliphatic hydroxyl groups excluding tert-OH is 2. The fraction of sp³-hybridized carbons (Fsp3) is 0.500. The van der Waals surface area contributed by atoms with Crippen molar-refractivity contribution in [1.29, 1.82) is 0 Å². The van der Waals surface area contributed by atoms with Gasteiger partial charge in [-0.2, -0.15) is 0 Å². The van der Waals surface area contributed by atoms with Gasteiger partial charge in [0.25, 0.3) is 0 Å². The second-order valence-electron chi connectivity index (χ2n) is 3.99. The summed E-state index contributed by atoms with van der Waals surface area (Å²) >= 11 is 0.806. The van der Waals surface area contributed by atoms with Gasteiger partial charge < -0.3 is 15.5 Å². The smallest absolute Gasteiger partial charge is 0.247 e. The van der Waals surface area contributed by atoms with Crippen LogP contribution in [0.2, 0.25) is 0 Å². The fourth-order valence-electron chi connectivity index (χ4n) is 1.39. The summed E-state index contributed by atoms with van der Waals surface area (Å²) in [4.78, 5) is 10.9. The van der Waals surface area contributed by atoms with Gasteiger partial charge in [0.1, 0.15) is 10.3 Å². The molecule has 0 aliphatic rings. The molecule has 5 N–H and O–H groups in total. The zero-order valence-electron chi connectivity index (χ0n) is 10.2. The van der Waals surface area contributed by atoms with Crippen LogP contribution in [0.3, 0.4) is 0 Å². The maximum atomic E-state index is 11.1. The molecule has 0 spiro atoms. The van der Waals surface area contributed by atoms with Crippen LogP contribution in [0.5, 0.6) is 0 Å². The Morgan fingerprint density at radius 3 is 2.58 bits per heavy atom. The molecule has 1 heterocycles. The molecule has 0 saturated carbocycles. The van der Waals surface area contributed by atoms with Gasteiger partial charge in [-0.1, -0.05) is 0 Å². The van der Waals surface area contributed by atoms with E-state index in [0.717, 1.165) is 11.3 Å². The van der Waals surface area contributed by atoms with Gasteiger partial charge >= 0.3 is 0 Å². The summed E-state index contributed by atoms with van der Waals surface area (Å²) < 4.78 is 22.1. The molecule has 0 fully saturated rings. The van der Waals surface area contributed by atoms with E-state index in [-0.39, 0.29) is 23.1 Å². The van der Waals surface area contributed by atoms with Crippen molar-refractivity contribution in [3.63, 3.8) is 0 Å². The standard InChI is InChI=1S/C10H16N2O5S2/c1-6(13)12-5-4-7(14)10(15)8-2-3-9(18-8)19(11,16)17/h2-3,7,10,14-15H,4-5H2,1H3,(H,12,13)(H2,11,16,17). The molecule has 0 saturated heterocycles. The predicted molar refractivity (Wildman–Crippen MR) is 70.0 cm³/mol. The number of amides is 1. The summed E-state index contributed by atoms with van der Waals surface area (Å²) in [7, 11) is -3.80. The Bertz CT molecular complexity index is 540. The Balaban J connectivity index is 2.64. The maximum Gasteiger partial charge on any atom is 0.247 e. The Labute approximate surface area is 115 Å². The average Bonchev–Trinajstić information content (AvgIpc) is 2.76. The first-order valence-corrected chi connectivity index (χ1v) is 7.81. The summed E-state index contributed by atoms with van der Waals surface area (Å²) in [5.41, 5.74) is 0. The van der Waals surface area contributed by atoms with Crippen LogP contribution in [0.25, 0.3) is 0 Å². The van der Waals surface area contributed by atoms with Crippen molar-refractivity contribution in [3.8, 4) is 0 Å². The number of rotatable bonds is 6. The van der Waals surface area contributed by atoms with E-state index in [4.69, 9.17) is 5.14 Å². The summed E-state index contributed by atoms with van der Waals surface area (Å²) in [5.74, 6) is -0.227. The number of primary sulfonamides is 1. The quantitative estimate of drug-likeness (QED) is 0.553. The largest absolute Gasteiger partial charge is 0.390 e. The van der Waals surface area contributed by atoms with E-state index in [2.05, 4.69) is 5.32 Å². The lowest BCUT2D eigenvalue weighted by molar-refractivity contribution is -0.119. The van der Waals surface area contributed by atoms with Crippen LogP contribution in [0.1, 0.15) is 24.3 Å². The molecule has 1 amide bonds. The number of carbonyl (C=O) groups is 1. The third-order valence-electron chi connectivity index (χ3n) is 2.35. The minimum atomic E-state index is -3.80. The van der Waals surface area contributed by atoms with Crippen LogP contribution in [0, 0.1) is 0 Å². The summed E-state index contributed by atoms with van der Waals surface area (Å²) in [6.07, 6.45) is -2.16. The molecular formula is C10H16N2O5S2. The van der Waals surface area contributed by atoms with E-state index < -0.39 is 22.2 Å². The van der Waals surface area contributed by atoms with E-state index in [1.54, 1.807) is 0 Å². The van der Waals surface area contributed by atoms with Gasteiger partial charge in [0.15, 0.2) is 0 Å². The first kappa shape index (κ1) is 16.1. The third-order valence-corrected chi connectivity index (χ3v) is 4.95. The number of nitrogens with one attached hydrogen (secondary N) is 1. The van der Waals surface area contributed by atoms with Crippen molar-refractivity contribution in [1.82, 2.24) is 5.32 Å². The highest BCUT2D eigenvalue weighted by molar-refractivity contribution is 7.91. The van der Waals surface area contributed by atoms with Gasteiger partial charge in [0.05, 0.1) is 6.10 Å². The highest BCUT2D eigenvalue weighted by Crippen LogP contribution is 2.28. The van der Waals surface area contributed by atoms with Crippen molar-refractivity contribution < 1.29 is 23.4 Å². The number of thiophene rings is 1. The van der Waals surface area contributed by atoms with Crippen molar-refractivity contribution in [2.24, 2.45) is 5.14 Å². The summed E-state index contributed by atoms with van der Waals surface area (Å²) in [5, 5.41) is 27.0. The second kappa shape index (κ2) is 6.44. The van der Waals surface area contributed by atoms with E-state index in [1.165, 1.54) is 19.1 Å². The molecule has 0 aliphatic carbocycles. The lowest BCUT2D eigenvalue weighted by Gasteiger charge is -2.16. The molecule has 1 aromatic heterocycles. The molecule has 108 valence electrons. The average molecular weight is 308 g/mol. The maximum absolute atomic E-state index is 11.1. The monoisotopic (exact) mass is 308 g/mol. The van der Waals surface area contributed by atoms with Crippen LogP contribution in [-0.2, 0) is 14.8 Å². The zero-order chi connectivity index (χ0) is 14.6. The summed E-state index contributed by atoms with van der Waals surface area (Å²) in [6.45, 7) is 1.57. The lowest BCUT2D eigenvalue weighted by Crippen LogP contribution is -2.27. The van der Waals surface area contributed by atoms with Gasteiger partial charge in [-0.3, -0.25) is 4.79 Å². The number of carbonyl (C=O) groups excluding carboxylic acids is 1. The van der Waals surface area contributed by atoms with Gasteiger partial charge in [-0.15, -0.1) is 11.3 Å². The van der Waals surface area contributed by atoms with Crippen LogP contribution in [0.4, 0.5) is 0 Å². The van der Waals surface area contributed by atoms with Gasteiger partial charge in [0.2, 0.25) is 15.9 Å². The van der Waals surface area contributed by atoms with E-state index in [1.807, 2.05) is 0 Å². The molecular weight excluding hydrogens is 292 g/mol. The molecule has 7 nitrogen and oxygen atoms in total. The Morgan fingerprint density at radius 1 is 1.47 bits per heavy atom. The minimum Gasteiger partial charge on any atom is -0.390 e. The van der Waals surface area contributed by atoms with Crippen LogP contribution in [-0.4, -0.2) is 37.2 Å². The van der Waals surface area contributed by atoms with Crippen molar-refractivity contribution in [2.75, 3.05) is 6.54 Å². The molecule has 9 heteroatoms. The van der Waals surface area contributed by atoms with Gasteiger partial charge in [-0.25, -0.2) is 13.6 Å². The van der Waals surface area contributed by atoms with Crippen molar-refractivity contribution >= 4 is 27.3 Å². The normalized spacial score (nSPS) is 14.9. The van der Waals surface area contributed by atoms with E-state index >= 15 is 0 Å². The number of hydrogen-bond donors (Lipinski definition) is 4. The number of nitrogens with two attached hydrogens (primary N) is 1. The molecule has 0 bridgehead atoms. The Hall–Kier alpha value is -1.00. The van der Waals surface area contributed by atoms with E-state index in [9.17, 15) is 23.4 Å². The van der Waals surface area contributed by atoms with Crippen molar-refractivity contribution in [2.45, 2.75) is 29.8 Å². The van der Waals surface area contributed by atoms with Gasteiger partial charge in [0, 0.05) is 18.3 Å². The first-order chi connectivity index (χ1) is 8.71. The molecule has 0 aromatic carbocycles. The predicted octanol–water partition coefficient (Wildman–Crippen LogP) is -0.684. The molecule has 0 radical (unpaired) electrons. The highest BCUT2D eigenvalue weighted by Gasteiger charge is 2.22. The van der Waals surface area contributed by atoms with Gasteiger partial charge in [-0.05, 0) is 18.6 Å². The molecule has 19 heavy (non-hydrogen) atoms. The minimum absolute atomic E-state index is 0.0735. The van der Waals surface area contributed by atoms with Crippen molar-refractivity contribution in [3.05, 3.63) is 17.0 Å². The summed E-state index contributed by atoms with van der Waals surface area (Å²) in [6, 6.07) is 2.68. The number of sulfonamides is 1. The van der Waals surface area contributed by atoms with E-state index in [0.29, 0.717) is 4.88 Å². The first-order valence-electron chi connectivity index (χ1n) is 5.45. The molecule has 1 rings (SSSR count). The SMILES string of the molecule is CC(=O)NCCC(O)C(O)c1ccc(S(N)(=O)=O)s1. The number of hydrogen-bond acceptors (Lipinski definition) is 6. The topological polar surface area (TPSA) is 130 Å². The molecule has 0 aliphatic heterocycles. The highest BCUT2D eigenvalue weighted by atomic mass is 32.2.